The number of rotatable bonds is 13. The molecular weight excluding hydrogens is 490 g/mol. The molecule has 0 aliphatic carbocycles. The summed E-state index contributed by atoms with van der Waals surface area (Å²) >= 11 is 0. The van der Waals surface area contributed by atoms with Crippen molar-refractivity contribution in [1.29, 1.82) is 5.41 Å². The number of likely N-dealkylation sites (tertiary alicyclic amines) is 1. The molecule has 7 N–H and O–H groups in total. The number of benzene rings is 1. The minimum atomic E-state index is -0.767. The van der Waals surface area contributed by atoms with E-state index in [2.05, 4.69) is 15.1 Å². The second kappa shape index (κ2) is 13.8. The zero-order valence-corrected chi connectivity index (χ0v) is 21.9. The van der Waals surface area contributed by atoms with Crippen LogP contribution >= 0.6 is 0 Å². The number of ether oxygens (including phenoxy) is 1. The molecule has 0 saturated carbocycles. The topological polar surface area (TPSA) is 178 Å². The number of nitrogens with zero attached hydrogens (tertiary/aromatic N) is 3. The normalized spacial score (nSPS) is 16.7. The predicted molar refractivity (Wildman–Crippen MR) is 142 cm³/mol. The van der Waals surface area contributed by atoms with Crippen LogP contribution in [0.4, 0.5) is 4.79 Å². The first kappa shape index (κ1) is 28.9. The van der Waals surface area contributed by atoms with Crippen LogP contribution in [0.3, 0.4) is 0 Å². The first-order valence-corrected chi connectivity index (χ1v) is 12.9. The summed E-state index contributed by atoms with van der Waals surface area (Å²) in [5.41, 5.74) is 13.3. The number of amides is 2. The van der Waals surface area contributed by atoms with Gasteiger partial charge in [0.25, 0.3) is 0 Å². The third-order valence-electron chi connectivity index (χ3n) is 6.99. The number of amidine groups is 1. The van der Waals surface area contributed by atoms with Gasteiger partial charge in [-0.15, -0.1) is 0 Å². The SMILES string of the molecule is COC(=O)Cc1cccc(CN(CCCN2C(=N)C(=C(N)N)NC2=O)C2CCN(CCCC(=O)O)CC2)c1. The van der Waals surface area contributed by atoms with Gasteiger partial charge in [-0.2, -0.15) is 0 Å². The van der Waals surface area contributed by atoms with Crippen molar-refractivity contribution in [1.82, 2.24) is 20.0 Å². The molecule has 0 atom stereocenters. The molecule has 208 valence electrons. The van der Waals surface area contributed by atoms with E-state index >= 15 is 0 Å². The molecule has 0 aromatic heterocycles. The van der Waals surface area contributed by atoms with Crippen molar-refractivity contribution < 1.29 is 24.2 Å². The van der Waals surface area contributed by atoms with Crippen LogP contribution in [0, 0.1) is 5.41 Å². The van der Waals surface area contributed by atoms with Gasteiger partial charge in [-0.05, 0) is 56.4 Å². The number of nitrogens with two attached hydrogens (primary N) is 2. The predicted octanol–water partition coefficient (Wildman–Crippen LogP) is 1.01. The van der Waals surface area contributed by atoms with Crippen LogP contribution in [0.25, 0.3) is 0 Å². The Morgan fingerprint density at radius 3 is 2.53 bits per heavy atom. The lowest BCUT2D eigenvalue weighted by molar-refractivity contribution is -0.140. The lowest BCUT2D eigenvalue weighted by atomic mass is 10.0. The highest BCUT2D eigenvalue weighted by molar-refractivity contribution is 6.13. The van der Waals surface area contributed by atoms with Crippen molar-refractivity contribution in [2.24, 2.45) is 11.5 Å². The van der Waals surface area contributed by atoms with E-state index in [4.69, 9.17) is 26.7 Å². The number of carbonyl (C=O) groups excluding carboxylic acids is 2. The van der Waals surface area contributed by atoms with Crippen molar-refractivity contribution in [2.45, 2.75) is 51.1 Å². The fourth-order valence-corrected chi connectivity index (χ4v) is 4.99. The maximum atomic E-state index is 12.3. The standard InChI is InChI=1S/C26H39N7O5/c1-38-22(36)16-18-5-2-6-19(15-18)17-32(20-8-13-31(14-9-20)10-3-7-21(34)35)11-4-12-33-25(29)23(24(27)28)30-26(33)37/h2,5-6,15,20,29H,3-4,7-14,16-17,27-28H2,1H3,(H,30,37)(H,34,35). The zero-order chi connectivity index (χ0) is 27.7. The Bertz CT molecular complexity index is 1050. The van der Waals surface area contributed by atoms with Gasteiger partial charge in [-0.25, -0.2) is 4.79 Å². The Morgan fingerprint density at radius 1 is 1.18 bits per heavy atom. The van der Waals surface area contributed by atoms with Crippen molar-refractivity contribution >= 4 is 23.8 Å². The number of methoxy groups -OCH3 is 1. The van der Waals surface area contributed by atoms with Crippen LogP contribution < -0.4 is 16.8 Å². The van der Waals surface area contributed by atoms with Crippen LogP contribution in [-0.4, -0.2) is 89.5 Å². The monoisotopic (exact) mass is 529 g/mol. The van der Waals surface area contributed by atoms with E-state index in [9.17, 15) is 14.4 Å². The summed E-state index contributed by atoms with van der Waals surface area (Å²) in [5.74, 6) is -1.16. The van der Waals surface area contributed by atoms with Crippen LogP contribution in [0.2, 0.25) is 0 Å². The number of piperidine rings is 1. The Labute approximate surface area is 223 Å². The molecule has 2 amide bonds. The highest BCUT2D eigenvalue weighted by Gasteiger charge is 2.32. The molecule has 1 aromatic rings. The molecule has 2 fully saturated rings. The highest BCUT2D eigenvalue weighted by Crippen LogP contribution is 2.21. The summed E-state index contributed by atoms with van der Waals surface area (Å²) < 4.78 is 4.80. The number of hydrogen-bond acceptors (Lipinski definition) is 9. The van der Waals surface area contributed by atoms with E-state index in [1.165, 1.54) is 12.0 Å². The minimum Gasteiger partial charge on any atom is -0.481 e. The van der Waals surface area contributed by atoms with Gasteiger partial charge in [0.2, 0.25) is 0 Å². The number of esters is 1. The summed E-state index contributed by atoms with van der Waals surface area (Å²) in [6.07, 6.45) is 3.58. The number of aliphatic carboxylic acids is 1. The minimum absolute atomic E-state index is 0.0215. The van der Waals surface area contributed by atoms with Crippen LogP contribution in [0.5, 0.6) is 0 Å². The fraction of sp³-hybridized carbons (Fsp3) is 0.538. The molecule has 2 heterocycles. The van der Waals surface area contributed by atoms with E-state index in [0.717, 1.165) is 43.6 Å². The molecule has 2 saturated heterocycles. The second-order valence-corrected chi connectivity index (χ2v) is 9.73. The molecule has 38 heavy (non-hydrogen) atoms. The molecule has 2 aliphatic heterocycles. The molecule has 0 unspecified atom stereocenters. The Balaban J connectivity index is 1.64. The maximum Gasteiger partial charge on any atom is 0.327 e. The van der Waals surface area contributed by atoms with E-state index in [1.807, 2.05) is 24.3 Å². The van der Waals surface area contributed by atoms with Gasteiger partial charge in [-0.3, -0.25) is 24.8 Å². The van der Waals surface area contributed by atoms with Crippen molar-refractivity contribution in [3.05, 3.63) is 46.9 Å². The van der Waals surface area contributed by atoms with Crippen LogP contribution in [0.1, 0.15) is 43.2 Å². The quantitative estimate of drug-likeness (QED) is 0.233. The van der Waals surface area contributed by atoms with Gasteiger partial charge < -0.3 is 31.5 Å². The van der Waals surface area contributed by atoms with Gasteiger partial charge in [0.1, 0.15) is 11.5 Å². The molecule has 1 aromatic carbocycles. The van der Waals surface area contributed by atoms with E-state index in [-0.39, 0.29) is 36.2 Å². The van der Waals surface area contributed by atoms with E-state index in [0.29, 0.717) is 38.5 Å². The van der Waals surface area contributed by atoms with Gasteiger partial charge in [0, 0.05) is 32.1 Å². The van der Waals surface area contributed by atoms with E-state index in [1.54, 1.807) is 0 Å². The average Bonchev–Trinajstić information content (AvgIpc) is 3.17. The molecule has 2 aliphatic rings. The first-order chi connectivity index (χ1) is 18.2. The van der Waals surface area contributed by atoms with E-state index < -0.39 is 12.0 Å². The van der Waals surface area contributed by atoms with Crippen molar-refractivity contribution in [3.63, 3.8) is 0 Å². The lowest BCUT2D eigenvalue weighted by Crippen LogP contribution is -2.45. The third-order valence-corrected chi connectivity index (χ3v) is 6.99. The van der Waals surface area contributed by atoms with Gasteiger partial charge in [-0.1, -0.05) is 24.3 Å². The number of carboxylic acid groups (broad SMARTS) is 1. The molecule has 0 spiro atoms. The number of carboxylic acids is 1. The fourth-order valence-electron chi connectivity index (χ4n) is 4.99. The number of urea groups is 1. The van der Waals surface area contributed by atoms with Gasteiger partial charge in [0.05, 0.1) is 13.5 Å². The third kappa shape index (κ3) is 8.18. The largest absolute Gasteiger partial charge is 0.481 e. The maximum absolute atomic E-state index is 12.3. The highest BCUT2D eigenvalue weighted by atomic mass is 16.5. The zero-order valence-electron chi connectivity index (χ0n) is 21.9. The van der Waals surface area contributed by atoms with Gasteiger partial charge >= 0.3 is 18.0 Å². The molecule has 0 radical (unpaired) electrons. The Kier molecular flexibility index (Phi) is 10.5. The number of carbonyl (C=O) groups is 3. The lowest BCUT2D eigenvalue weighted by Gasteiger charge is -2.39. The smallest absolute Gasteiger partial charge is 0.327 e. The van der Waals surface area contributed by atoms with Crippen molar-refractivity contribution in [2.75, 3.05) is 39.8 Å². The van der Waals surface area contributed by atoms with Gasteiger partial charge in [0.15, 0.2) is 5.84 Å². The van der Waals surface area contributed by atoms with Crippen LogP contribution in [0.15, 0.2) is 35.8 Å². The first-order valence-electron chi connectivity index (χ1n) is 12.9. The Hall–Kier alpha value is -3.64. The van der Waals surface area contributed by atoms with Crippen molar-refractivity contribution in [3.8, 4) is 0 Å². The number of hydrogen-bond donors (Lipinski definition) is 5. The molecule has 3 rings (SSSR count). The molecule has 12 nitrogen and oxygen atoms in total. The summed E-state index contributed by atoms with van der Waals surface area (Å²) in [6.45, 7) is 4.32. The Morgan fingerprint density at radius 2 is 1.89 bits per heavy atom. The van der Waals surface area contributed by atoms with Crippen LogP contribution in [-0.2, 0) is 27.3 Å². The molecule has 0 bridgehead atoms. The second-order valence-electron chi connectivity index (χ2n) is 9.73. The molecule has 12 heteroatoms. The summed E-state index contributed by atoms with van der Waals surface area (Å²) in [5, 5.41) is 19.7. The summed E-state index contributed by atoms with van der Waals surface area (Å²) in [6, 6.07) is 7.83. The average molecular weight is 530 g/mol. The summed E-state index contributed by atoms with van der Waals surface area (Å²) in [4.78, 5) is 41.0. The summed E-state index contributed by atoms with van der Waals surface area (Å²) in [7, 11) is 1.38. The molecular formula is C26H39N7O5. The number of nitrogens with one attached hydrogen (secondary N) is 2.